The van der Waals surface area contributed by atoms with Crippen molar-refractivity contribution in [3.8, 4) is 0 Å². The van der Waals surface area contributed by atoms with Gasteiger partial charge in [-0.3, -0.25) is 4.79 Å². The van der Waals surface area contributed by atoms with Gasteiger partial charge in [-0.1, -0.05) is 24.6 Å². The summed E-state index contributed by atoms with van der Waals surface area (Å²) in [7, 11) is -3.56. The van der Waals surface area contributed by atoms with Crippen LogP contribution in [0.5, 0.6) is 0 Å². The summed E-state index contributed by atoms with van der Waals surface area (Å²) in [5.74, 6) is -0.0459. The monoisotopic (exact) mass is 323 g/mol. The van der Waals surface area contributed by atoms with Crippen molar-refractivity contribution in [1.29, 1.82) is 0 Å². The van der Waals surface area contributed by atoms with Crippen LogP contribution in [0.4, 0.5) is 0 Å². The number of ether oxygens (including phenoxy) is 1. The highest BCUT2D eigenvalue weighted by Crippen LogP contribution is 2.34. The van der Waals surface area contributed by atoms with Gasteiger partial charge >= 0.3 is 5.97 Å². The van der Waals surface area contributed by atoms with Gasteiger partial charge in [0.15, 0.2) is 0 Å². The number of sulfonamides is 1. The maximum Gasteiger partial charge on any atom is 0.306 e. The molecule has 0 saturated carbocycles. The number of aryl methyl sites for hydroxylation is 1. The maximum atomic E-state index is 13.0. The van der Waals surface area contributed by atoms with Crippen LogP contribution >= 0.6 is 0 Å². The molecule has 0 bridgehead atoms. The Balaban J connectivity index is 1.94. The minimum absolute atomic E-state index is 0.173. The Labute approximate surface area is 131 Å². The highest BCUT2D eigenvalue weighted by Gasteiger charge is 2.45. The van der Waals surface area contributed by atoms with Crippen LogP contribution in [0, 0.1) is 12.8 Å². The number of benzene rings is 1. The smallest absolute Gasteiger partial charge is 0.306 e. The van der Waals surface area contributed by atoms with Crippen LogP contribution in [0.25, 0.3) is 0 Å². The number of nitrogens with zero attached hydrogens (tertiary/aromatic N) is 1. The zero-order valence-corrected chi connectivity index (χ0v) is 13.7. The number of fused-ring (bicyclic) bond motifs is 1. The molecule has 1 aromatic carbocycles. The molecule has 2 aliphatic rings. The molecule has 2 saturated heterocycles. The largest absolute Gasteiger partial charge is 0.461 e. The zero-order chi connectivity index (χ0) is 15.9. The first kappa shape index (κ1) is 15.5. The first-order valence-electron chi connectivity index (χ1n) is 7.66. The lowest BCUT2D eigenvalue weighted by Gasteiger charge is -2.44. The number of piperidine rings is 1. The Morgan fingerprint density at radius 2 is 1.91 bits per heavy atom. The van der Waals surface area contributed by atoms with Gasteiger partial charge in [0.05, 0.1) is 10.9 Å². The van der Waals surface area contributed by atoms with Gasteiger partial charge in [0.25, 0.3) is 0 Å². The number of carbonyl (C=O) groups is 1. The van der Waals surface area contributed by atoms with Crippen molar-refractivity contribution in [2.75, 3.05) is 6.54 Å². The molecule has 22 heavy (non-hydrogen) atoms. The molecule has 0 aromatic heterocycles. The summed E-state index contributed by atoms with van der Waals surface area (Å²) in [5, 5.41) is 0. The van der Waals surface area contributed by atoms with E-state index >= 15 is 0 Å². The Bertz CT molecular complexity index is 668. The summed E-state index contributed by atoms with van der Waals surface area (Å²) in [4.78, 5) is 11.8. The second-order valence-electron chi connectivity index (χ2n) is 6.36. The highest BCUT2D eigenvalue weighted by atomic mass is 32.2. The first-order chi connectivity index (χ1) is 10.4. The van der Waals surface area contributed by atoms with E-state index < -0.39 is 10.0 Å². The van der Waals surface area contributed by atoms with Crippen molar-refractivity contribution < 1.29 is 17.9 Å². The molecule has 3 atom stereocenters. The number of hydrogen-bond donors (Lipinski definition) is 0. The minimum atomic E-state index is -3.56. The summed E-state index contributed by atoms with van der Waals surface area (Å²) in [6, 6.07) is 6.67. The molecular formula is C16H21NO4S. The molecule has 1 aromatic rings. The molecule has 0 N–H and O–H groups in total. The molecule has 6 heteroatoms. The molecular weight excluding hydrogens is 302 g/mol. The van der Waals surface area contributed by atoms with Crippen LogP contribution in [0.2, 0.25) is 0 Å². The second-order valence-corrected chi connectivity index (χ2v) is 8.25. The Hall–Kier alpha value is -1.40. The van der Waals surface area contributed by atoms with Gasteiger partial charge in [-0.05, 0) is 37.8 Å². The van der Waals surface area contributed by atoms with Crippen LogP contribution in [0.3, 0.4) is 0 Å². The SMILES string of the molecule is Cc1ccc(S(=O)(=O)N2CC(C)C[C@H]3OC(=O)CC[C@@H]32)cc1. The summed E-state index contributed by atoms with van der Waals surface area (Å²) in [6.45, 7) is 4.40. The predicted molar refractivity (Wildman–Crippen MR) is 81.8 cm³/mol. The van der Waals surface area contributed by atoms with Gasteiger partial charge in [0, 0.05) is 13.0 Å². The fourth-order valence-corrected chi connectivity index (χ4v) is 5.13. The lowest BCUT2D eigenvalue weighted by molar-refractivity contribution is -0.162. The molecule has 0 spiro atoms. The van der Waals surface area contributed by atoms with Crippen molar-refractivity contribution in [2.24, 2.45) is 5.92 Å². The highest BCUT2D eigenvalue weighted by molar-refractivity contribution is 7.89. The van der Waals surface area contributed by atoms with E-state index in [9.17, 15) is 13.2 Å². The third kappa shape index (κ3) is 2.77. The maximum absolute atomic E-state index is 13.0. The average molecular weight is 323 g/mol. The van der Waals surface area contributed by atoms with Gasteiger partial charge in [0.2, 0.25) is 10.0 Å². The molecule has 1 unspecified atom stereocenters. The molecule has 5 nitrogen and oxygen atoms in total. The van der Waals surface area contributed by atoms with Crippen LogP contribution in [-0.4, -0.2) is 37.4 Å². The lowest BCUT2D eigenvalue weighted by atomic mass is 9.89. The summed E-state index contributed by atoms with van der Waals surface area (Å²) in [6.07, 6.45) is 1.25. The second kappa shape index (κ2) is 5.66. The minimum Gasteiger partial charge on any atom is -0.461 e. The summed E-state index contributed by atoms with van der Waals surface area (Å²) < 4.78 is 32.9. The normalized spacial score (nSPS) is 29.7. The van der Waals surface area contributed by atoms with Crippen molar-refractivity contribution in [3.63, 3.8) is 0 Å². The number of hydrogen-bond acceptors (Lipinski definition) is 4. The van der Waals surface area contributed by atoms with E-state index in [1.165, 1.54) is 0 Å². The molecule has 2 heterocycles. The van der Waals surface area contributed by atoms with Gasteiger partial charge < -0.3 is 4.74 Å². The van der Waals surface area contributed by atoms with Gasteiger partial charge in [-0.25, -0.2) is 8.42 Å². The number of carbonyl (C=O) groups excluding carboxylic acids is 1. The summed E-state index contributed by atoms with van der Waals surface area (Å²) >= 11 is 0. The van der Waals surface area contributed by atoms with E-state index in [-0.39, 0.29) is 30.5 Å². The van der Waals surface area contributed by atoms with Gasteiger partial charge in [-0.15, -0.1) is 0 Å². The van der Waals surface area contributed by atoms with E-state index in [1.54, 1.807) is 28.6 Å². The number of rotatable bonds is 2. The van der Waals surface area contributed by atoms with Crippen LogP contribution in [0.15, 0.2) is 29.2 Å². The molecule has 3 rings (SSSR count). The van der Waals surface area contributed by atoms with E-state index in [4.69, 9.17) is 4.74 Å². The Kier molecular flexibility index (Phi) is 3.99. The average Bonchev–Trinajstić information content (AvgIpc) is 2.46. The number of esters is 1. The molecule has 0 aliphatic carbocycles. The van der Waals surface area contributed by atoms with Crippen LogP contribution < -0.4 is 0 Å². The van der Waals surface area contributed by atoms with Crippen molar-refractivity contribution in [2.45, 2.75) is 50.2 Å². The van der Waals surface area contributed by atoms with E-state index in [1.807, 2.05) is 13.8 Å². The standard InChI is InChI=1S/C16H21NO4S/c1-11-3-5-13(6-4-11)22(19,20)17-10-12(2)9-15-14(17)7-8-16(18)21-15/h3-6,12,14-15H,7-10H2,1-2H3/t12?,14-,15+/m0/s1. The van der Waals surface area contributed by atoms with E-state index in [2.05, 4.69) is 0 Å². The molecule has 2 aliphatic heterocycles. The topological polar surface area (TPSA) is 63.7 Å². The van der Waals surface area contributed by atoms with Crippen LogP contribution in [0.1, 0.15) is 31.7 Å². The van der Waals surface area contributed by atoms with E-state index in [0.717, 1.165) is 12.0 Å². The zero-order valence-electron chi connectivity index (χ0n) is 12.9. The molecule has 2 fully saturated rings. The predicted octanol–water partition coefficient (Wildman–Crippen LogP) is 2.10. The quantitative estimate of drug-likeness (QED) is 0.782. The van der Waals surface area contributed by atoms with Gasteiger partial charge in [-0.2, -0.15) is 4.31 Å². The van der Waals surface area contributed by atoms with Crippen molar-refractivity contribution in [1.82, 2.24) is 4.31 Å². The third-order valence-corrected chi connectivity index (χ3v) is 6.39. The molecule has 120 valence electrons. The Morgan fingerprint density at radius 1 is 1.23 bits per heavy atom. The Morgan fingerprint density at radius 3 is 2.59 bits per heavy atom. The van der Waals surface area contributed by atoms with Gasteiger partial charge in [0.1, 0.15) is 6.10 Å². The fraction of sp³-hybridized carbons (Fsp3) is 0.562. The van der Waals surface area contributed by atoms with E-state index in [0.29, 0.717) is 17.9 Å². The van der Waals surface area contributed by atoms with Crippen molar-refractivity contribution in [3.05, 3.63) is 29.8 Å². The van der Waals surface area contributed by atoms with Crippen LogP contribution in [-0.2, 0) is 19.6 Å². The molecule has 0 radical (unpaired) electrons. The third-order valence-electron chi connectivity index (χ3n) is 4.48. The molecule has 0 amide bonds. The van der Waals surface area contributed by atoms with Crippen molar-refractivity contribution >= 4 is 16.0 Å². The lowest BCUT2D eigenvalue weighted by Crippen LogP contribution is -2.56. The summed E-state index contributed by atoms with van der Waals surface area (Å²) in [5.41, 5.74) is 1.02. The first-order valence-corrected chi connectivity index (χ1v) is 9.10. The fourth-order valence-electron chi connectivity index (χ4n) is 3.33.